The fraction of sp³-hybridized carbons (Fsp3) is 0.250. The highest BCUT2D eigenvalue weighted by Crippen LogP contribution is 2.28. The van der Waals surface area contributed by atoms with Crippen molar-refractivity contribution in [2.24, 2.45) is 0 Å². The Balaban J connectivity index is 2.43. The predicted octanol–water partition coefficient (Wildman–Crippen LogP) is 2.72. The van der Waals surface area contributed by atoms with Crippen LogP contribution in [0.5, 0.6) is 0 Å². The molecule has 64 valence electrons. The molecule has 1 aliphatic rings. The van der Waals surface area contributed by atoms with Gasteiger partial charge in [-0.05, 0) is 41.8 Å². The van der Waals surface area contributed by atoms with Crippen LogP contribution < -0.4 is 0 Å². The lowest BCUT2D eigenvalue weighted by atomic mass is 10.0. The van der Waals surface area contributed by atoms with E-state index in [9.17, 15) is 0 Å². The molecule has 0 unspecified atom stereocenters. The van der Waals surface area contributed by atoms with Crippen LogP contribution in [0.1, 0.15) is 17.5 Å². The topological polar surface area (TPSA) is 12.9 Å². The van der Waals surface area contributed by atoms with Crippen LogP contribution in [0, 0.1) is 0 Å². The molecular weight excluding hydrogens is 158 g/mol. The number of nitrogens with zero attached hydrogens (tertiary/aromatic N) is 1. The van der Waals surface area contributed by atoms with Crippen molar-refractivity contribution in [3.63, 3.8) is 0 Å². The highest BCUT2D eigenvalue weighted by molar-refractivity contribution is 5.86. The summed E-state index contributed by atoms with van der Waals surface area (Å²) in [4.78, 5) is 4.14. The first-order chi connectivity index (χ1) is 6.45. The Bertz CT molecular complexity index is 460. The van der Waals surface area contributed by atoms with E-state index in [-0.39, 0.29) is 0 Å². The fourth-order valence-corrected chi connectivity index (χ4v) is 2.26. The minimum absolute atomic E-state index is 1.25. The average Bonchev–Trinajstić information content (AvgIpc) is 2.65. The molecule has 1 aromatic carbocycles. The third-order valence-corrected chi connectivity index (χ3v) is 2.90. The Kier molecular flexibility index (Phi) is 1.39. The minimum atomic E-state index is 1.25. The molecule has 0 spiro atoms. The number of aromatic nitrogens is 1. The van der Waals surface area contributed by atoms with Gasteiger partial charge in [-0.15, -0.1) is 0 Å². The van der Waals surface area contributed by atoms with Gasteiger partial charge < -0.3 is 0 Å². The highest BCUT2D eigenvalue weighted by Gasteiger charge is 2.12. The highest BCUT2D eigenvalue weighted by atomic mass is 14.6. The van der Waals surface area contributed by atoms with Gasteiger partial charge in [-0.1, -0.05) is 12.1 Å². The van der Waals surface area contributed by atoms with Gasteiger partial charge in [0.25, 0.3) is 0 Å². The number of fused-ring (bicyclic) bond motifs is 3. The van der Waals surface area contributed by atoms with Gasteiger partial charge in [-0.3, -0.25) is 4.98 Å². The molecule has 3 rings (SSSR count). The molecule has 1 heterocycles. The summed E-state index contributed by atoms with van der Waals surface area (Å²) >= 11 is 0. The lowest BCUT2D eigenvalue weighted by Crippen LogP contribution is -1.85. The van der Waals surface area contributed by atoms with Crippen LogP contribution in [0.4, 0.5) is 0 Å². The van der Waals surface area contributed by atoms with E-state index in [1.54, 1.807) is 11.1 Å². The van der Waals surface area contributed by atoms with Crippen LogP contribution in [0.3, 0.4) is 0 Å². The minimum Gasteiger partial charge on any atom is -0.264 e. The van der Waals surface area contributed by atoms with Crippen molar-refractivity contribution in [3.05, 3.63) is 41.7 Å². The van der Waals surface area contributed by atoms with Crippen molar-refractivity contribution in [1.82, 2.24) is 4.98 Å². The molecule has 0 fully saturated rings. The average molecular weight is 169 g/mol. The molecule has 0 atom stereocenters. The van der Waals surface area contributed by atoms with Crippen molar-refractivity contribution in [2.45, 2.75) is 19.3 Å². The molecule has 0 radical (unpaired) electrons. The molecule has 1 aliphatic carbocycles. The standard InChI is InChI=1S/C12H11N/c1-2-9-4-5-10-8-13-7-6-12(10)11(9)3-1/h4-8H,1-3H2. The van der Waals surface area contributed by atoms with Gasteiger partial charge in [0.2, 0.25) is 0 Å². The summed E-state index contributed by atoms with van der Waals surface area (Å²) in [6.07, 6.45) is 7.66. The molecule has 0 aliphatic heterocycles. The predicted molar refractivity (Wildman–Crippen MR) is 53.8 cm³/mol. The van der Waals surface area contributed by atoms with Gasteiger partial charge in [0.15, 0.2) is 0 Å². The molecule has 0 saturated carbocycles. The number of aryl methyl sites for hydroxylation is 2. The number of benzene rings is 1. The summed E-state index contributed by atoms with van der Waals surface area (Å²) in [5, 5.41) is 2.69. The largest absolute Gasteiger partial charge is 0.264 e. The fourth-order valence-electron chi connectivity index (χ4n) is 2.26. The SMILES string of the molecule is c1cc2c3c(ccc2cn1)CCC3. The second kappa shape index (κ2) is 2.56. The first-order valence-electron chi connectivity index (χ1n) is 4.79. The summed E-state index contributed by atoms with van der Waals surface area (Å²) in [6.45, 7) is 0. The maximum atomic E-state index is 4.14. The maximum absolute atomic E-state index is 4.14. The first-order valence-corrected chi connectivity index (χ1v) is 4.79. The van der Waals surface area contributed by atoms with Gasteiger partial charge in [0, 0.05) is 17.8 Å². The van der Waals surface area contributed by atoms with Crippen molar-refractivity contribution in [2.75, 3.05) is 0 Å². The van der Waals surface area contributed by atoms with Gasteiger partial charge in [0.05, 0.1) is 0 Å². The molecule has 0 N–H and O–H groups in total. The Morgan fingerprint density at radius 2 is 2.08 bits per heavy atom. The quantitative estimate of drug-likeness (QED) is 0.591. The summed E-state index contributed by atoms with van der Waals surface area (Å²) < 4.78 is 0. The zero-order valence-electron chi connectivity index (χ0n) is 7.46. The summed E-state index contributed by atoms with van der Waals surface area (Å²) in [5.41, 5.74) is 3.10. The number of pyridine rings is 1. The molecule has 1 nitrogen and oxygen atoms in total. The van der Waals surface area contributed by atoms with E-state index in [1.807, 2.05) is 12.4 Å². The number of hydrogen-bond acceptors (Lipinski definition) is 1. The lowest BCUT2D eigenvalue weighted by Gasteiger charge is -2.03. The van der Waals surface area contributed by atoms with Crippen LogP contribution in [0.15, 0.2) is 30.6 Å². The second-order valence-corrected chi connectivity index (χ2v) is 3.65. The third-order valence-electron chi connectivity index (χ3n) is 2.90. The van der Waals surface area contributed by atoms with Crippen LogP contribution in [0.2, 0.25) is 0 Å². The summed E-state index contributed by atoms with van der Waals surface area (Å²) in [5.74, 6) is 0. The van der Waals surface area contributed by atoms with E-state index in [0.717, 1.165) is 0 Å². The summed E-state index contributed by atoms with van der Waals surface area (Å²) in [7, 11) is 0. The van der Waals surface area contributed by atoms with Gasteiger partial charge in [-0.2, -0.15) is 0 Å². The number of rotatable bonds is 0. The van der Waals surface area contributed by atoms with Crippen LogP contribution in [-0.4, -0.2) is 4.98 Å². The van der Waals surface area contributed by atoms with Crippen molar-refractivity contribution >= 4 is 10.8 Å². The van der Waals surface area contributed by atoms with E-state index in [4.69, 9.17) is 0 Å². The Hall–Kier alpha value is -1.37. The van der Waals surface area contributed by atoms with E-state index in [1.165, 1.54) is 30.0 Å². The van der Waals surface area contributed by atoms with E-state index >= 15 is 0 Å². The molecular formula is C12H11N. The Morgan fingerprint density at radius 3 is 3.08 bits per heavy atom. The molecule has 0 saturated heterocycles. The van der Waals surface area contributed by atoms with Crippen LogP contribution >= 0.6 is 0 Å². The normalized spacial score (nSPS) is 14.8. The van der Waals surface area contributed by atoms with E-state index < -0.39 is 0 Å². The number of hydrogen-bond donors (Lipinski definition) is 0. The molecule has 0 amide bonds. The zero-order chi connectivity index (χ0) is 8.67. The van der Waals surface area contributed by atoms with Crippen molar-refractivity contribution in [3.8, 4) is 0 Å². The summed E-state index contributed by atoms with van der Waals surface area (Å²) in [6, 6.07) is 6.58. The Morgan fingerprint density at radius 1 is 1.08 bits per heavy atom. The zero-order valence-corrected chi connectivity index (χ0v) is 7.46. The second-order valence-electron chi connectivity index (χ2n) is 3.65. The first kappa shape index (κ1) is 7.07. The molecule has 1 heteroatoms. The van der Waals surface area contributed by atoms with Crippen molar-refractivity contribution in [1.29, 1.82) is 0 Å². The van der Waals surface area contributed by atoms with Crippen molar-refractivity contribution < 1.29 is 0 Å². The van der Waals surface area contributed by atoms with Crippen LogP contribution in [-0.2, 0) is 12.8 Å². The molecule has 1 aromatic heterocycles. The third kappa shape index (κ3) is 0.966. The van der Waals surface area contributed by atoms with Crippen LogP contribution in [0.25, 0.3) is 10.8 Å². The molecule has 2 aromatic rings. The van der Waals surface area contributed by atoms with E-state index in [2.05, 4.69) is 23.2 Å². The Labute approximate surface area is 77.4 Å². The molecule has 13 heavy (non-hydrogen) atoms. The van der Waals surface area contributed by atoms with Gasteiger partial charge in [-0.25, -0.2) is 0 Å². The smallest absolute Gasteiger partial charge is 0.0346 e. The van der Waals surface area contributed by atoms with E-state index in [0.29, 0.717) is 0 Å². The lowest BCUT2D eigenvalue weighted by molar-refractivity contribution is 0.913. The molecule has 0 bridgehead atoms. The monoisotopic (exact) mass is 169 g/mol. The van der Waals surface area contributed by atoms with Gasteiger partial charge >= 0.3 is 0 Å². The maximum Gasteiger partial charge on any atom is 0.0346 e. The van der Waals surface area contributed by atoms with Gasteiger partial charge in [0.1, 0.15) is 0 Å².